The van der Waals surface area contributed by atoms with Crippen LogP contribution in [0.15, 0.2) is 0 Å². The van der Waals surface area contributed by atoms with Crippen LogP contribution in [-0.2, 0) is 27.2 Å². The van der Waals surface area contributed by atoms with E-state index in [1.807, 2.05) is 20.8 Å². The van der Waals surface area contributed by atoms with E-state index < -0.39 is 14.8 Å². The molecule has 0 saturated heterocycles. The van der Waals surface area contributed by atoms with Gasteiger partial charge in [-0.25, -0.2) is 0 Å². The average molecular weight is 379 g/mol. The predicted molar refractivity (Wildman–Crippen MR) is 99.1 cm³/mol. The fourth-order valence-electron chi connectivity index (χ4n) is 3.36. The molecule has 1 aliphatic rings. The van der Waals surface area contributed by atoms with Crippen LogP contribution in [0.3, 0.4) is 0 Å². The molecule has 0 aromatic carbocycles. The highest BCUT2D eigenvalue weighted by molar-refractivity contribution is 6.53. The fourth-order valence-corrected chi connectivity index (χ4v) is 5.31. The molecule has 0 heterocycles. The minimum absolute atomic E-state index is 0.235. The molecular weight excluding hydrogens is 340 g/mol. The lowest BCUT2D eigenvalue weighted by molar-refractivity contribution is -0.238. The largest absolute Gasteiger partial charge is 0.679 e. The zero-order valence-electron chi connectivity index (χ0n) is 16.8. The third-order valence-corrected chi connectivity index (χ3v) is 7.26. The first-order valence-electron chi connectivity index (χ1n) is 9.75. The molecule has 0 aromatic heterocycles. The highest BCUT2D eigenvalue weighted by atomic mass is 28.4. The molecule has 0 unspecified atom stereocenters. The Morgan fingerprint density at radius 2 is 1.32 bits per heavy atom. The van der Waals surface area contributed by atoms with E-state index in [0.717, 1.165) is 18.8 Å². The van der Waals surface area contributed by atoms with Crippen LogP contribution in [-0.4, -0.2) is 55.5 Å². The van der Waals surface area contributed by atoms with Gasteiger partial charge in [0.05, 0.1) is 6.61 Å². The Balaban J connectivity index is 2.68. The van der Waals surface area contributed by atoms with Gasteiger partial charge in [-0.15, -0.1) is 0 Å². The monoisotopic (exact) mass is 378 g/mol. The Morgan fingerprint density at radius 3 is 1.76 bits per heavy atom. The van der Waals surface area contributed by atoms with E-state index in [1.54, 1.807) is 14.2 Å². The fraction of sp³-hybridized carbons (Fsp3) is 1.00. The summed E-state index contributed by atoms with van der Waals surface area (Å²) < 4.78 is 34.7. The minimum atomic E-state index is -3.17. The van der Waals surface area contributed by atoms with E-state index in [9.17, 15) is 0 Å². The van der Waals surface area contributed by atoms with Crippen molar-refractivity contribution < 1.29 is 27.2 Å². The van der Waals surface area contributed by atoms with E-state index >= 15 is 0 Å². The van der Waals surface area contributed by atoms with Crippen molar-refractivity contribution in [2.75, 3.05) is 40.6 Å². The summed E-state index contributed by atoms with van der Waals surface area (Å²) in [5.74, 6) is -0.0350. The zero-order chi connectivity index (χ0) is 18.6. The van der Waals surface area contributed by atoms with Gasteiger partial charge < -0.3 is 27.2 Å². The van der Waals surface area contributed by atoms with Gasteiger partial charge in [-0.05, 0) is 33.1 Å². The number of hydrogen-bond acceptors (Lipinski definition) is 6. The summed E-state index contributed by atoms with van der Waals surface area (Å²) in [4.78, 5) is 0. The van der Waals surface area contributed by atoms with Gasteiger partial charge >= 0.3 is 9.05 Å². The van der Waals surface area contributed by atoms with E-state index in [0.29, 0.717) is 19.8 Å². The highest BCUT2D eigenvalue weighted by Gasteiger charge is 2.47. The van der Waals surface area contributed by atoms with Gasteiger partial charge in [0.15, 0.2) is 5.79 Å². The maximum absolute atomic E-state index is 6.06. The molecular formula is C18H38O6Si. The van der Waals surface area contributed by atoms with Gasteiger partial charge in [-0.3, -0.25) is 0 Å². The van der Waals surface area contributed by atoms with E-state index in [2.05, 4.69) is 0 Å². The van der Waals surface area contributed by atoms with Gasteiger partial charge in [0.2, 0.25) is 0 Å². The van der Waals surface area contributed by atoms with Crippen LogP contribution >= 0.6 is 0 Å². The number of rotatable bonds is 14. The maximum Gasteiger partial charge on any atom is 0.679 e. The second-order valence-electron chi connectivity index (χ2n) is 6.45. The molecule has 0 aliphatic heterocycles. The molecule has 0 aromatic rings. The molecule has 1 fully saturated rings. The Hall–Kier alpha value is -0.0231. The summed E-state index contributed by atoms with van der Waals surface area (Å²) in [6.07, 6.45) is 8.52. The van der Waals surface area contributed by atoms with E-state index in [4.69, 9.17) is 27.2 Å². The second-order valence-corrected chi connectivity index (χ2v) is 8.60. The van der Waals surface area contributed by atoms with Crippen molar-refractivity contribution in [2.24, 2.45) is 5.92 Å². The van der Waals surface area contributed by atoms with Crippen LogP contribution in [0.25, 0.3) is 0 Å². The SMILES string of the molecule is CCO[Si](OCC)(OCC)OCC(CCC1CCCCC1)(OC)OC. The van der Waals surface area contributed by atoms with Gasteiger partial charge in [0.25, 0.3) is 0 Å². The van der Waals surface area contributed by atoms with Crippen LogP contribution in [0.4, 0.5) is 0 Å². The van der Waals surface area contributed by atoms with Gasteiger partial charge in [-0.2, -0.15) is 0 Å². The van der Waals surface area contributed by atoms with Crippen molar-refractivity contribution in [2.45, 2.75) is 71.5 Å². The lowest BCUT2D eigenvalue weighted by atomic mass is 9.85. The summed E-state index contributed by atoms with van der Waals surface area (Å²) in [5, 5.41) is 0. The zero-order valence-corrected chi connectivity index (χ0v) is 17.8. The predicted octanol–water partition coefficient (Wildman–Crippen LogP) is 3.90. The molecule has 0 bridgehead atoms. The quantitative estimate of drug-likeness (QED) is 0.337. The number of ether oxygens (including phenoxy) is 2. The second kappa shape index (κ2) is 12.4. The molecule has 1 saturated carbocycles. The summed E-state index contributed by atoms with van der Waals surface area (Å²) in [5.41, 5.74) is 0. The lowest BCUT2D eigenvalue weighted by Gasteiger charge is -2.35. The van der Waals surface area contributed by atoms with E-state index in [1.165, 1.54) is 32.1 Å². The van der Waals surface area contributed by atoms with Crippen LogP contribution in [0, 0.1) is 5.92 Å². The molecule has 0 atom stereocenters. The van der Waals surface area contributed by atoms with Crippen LogP contribution in [0.2, 0.25) is 0 Å². The van der Waals surface area contributed by atoms with Crippen LogP contribution in [0.1, 0.15) is 65.7 Å². The smallest absolute Gasteiger partial charge is 0.351 e. The molecule has 150 valence electrons. The molecule has 0 radical (unpaired) electrons. The summed E-state index contributed by atoms with van der Waals surface area (Å²) in [6.45, 7) is 7.38. The van der Waals surface area contributed by atoms with Crippen molar-refractivity contribution in [3.63, 3.8) is 0 Å². The maximum atomic E-state index is 6.06. The van der Waals surface area contributed by atoms with Gasteiger partial charge in [-0.1, -0.05) is 32.1 Å². The first-order chi connectivity index (χ1) is 12.1. The Morgan fingerprint density at radius 1 is 0.800 bits per heavy atom. The molecule has 0 spiro atoms. The van der Waals surface area contributed by atoms with Gasteiger partial charge in [0, 0.05) is 40.5 Å². The van der Waals surface area contributed by atoms with Crippen molar-refractivity contribution in [3.05, 3.63) is 0 Å². The Bertz CT molecular complexity index is 315. The van der Waals surface area contributed by atoms with Crippen molar-refractivity contribution in [1.29, 1.82) is 0 Å². The van der Waals surface area contributed by atoms with Crippen molar-refractivity contribution >= 4 is 9.05 Å². The summed E-state index contributed by atoms with van der Waals surface area (Å²) in [6, 6.07) is 0. The molecule has 0 amide bonds. The minimum Gasteiger partial charge on any atom is -0.351 e. The molecule has 6 nitrogen and oxygen atoms in total. The Labute approximate surface area is 154 Å². The van der Waals surface area contributed by atoms with Crippen molar-refractivity contribution in [3.8, 4) is 0 Å². The number of hydrogen-bond donors (Lipinski definition) is 0. The molecule has 0 N–H and O–H groups in total. The topological polar surface area (TPSA) is 55.4 Å². The molecule has 1 aliphatic carbocycles. The normalized spacial score (nSPS) is 17.2. The van der Waals surface area contributed by atoms with Gasteiger partial charge in [0.1, 0.15) is 0 Å². The first-order valence-corrected chi connectivity index (χ1v) is 11.4. The average Bonchev–Trinajstić information content (AvgIpc) is 2.64. The van der Waals surface area contributed by atoms with E-state index in [-0.39, 0.29) is 6.61 Å². The van der Waals surface area contributed by atoms with Crippen molar-refractivity contribution in [1.82, 2.24) is 0 Å². The lowest BCUT2D eigenvalue weighted by Crippen LogP contribution is -2.53. The molecule has 7 heteroatoms. The molecule has 25 heavy (non-hydrogen) atoms. The summed E-state index contributed by atoms with van der Waals surface area (Å²) in [7, 11) is 0.165. The first kappa shape index (κ1) is 23.0. The summed E-state index contributed by atoms with van der Waals surface area (Å²) >= 11 is 0. The van der Waals surface area contributed by atoms with Crippen LogP contribution in [0.5, 0.6) is 0 Å². The molecule has 1 rings (SSSR count). The standard InChI is InChI=1S/C18H38O6Si/c1-6-21-25(22-7-2,23-8-3)24-16-18(19-4,20-5)15-14-17-12-10-9-11-13-17/h17H,6-16H2,1-5H3. The van der Waals surface area contributed by atoms with Crippen LogP contribution < -0.4 is 0 Å². The third-order valence-electron chi connectivity index (χ3n) is 4.83. The highest BCUT2D eigenvalue weighted by Crippen LogP contribution is 2.31. The third kappa shape index (κ3) is 7.62. The Kier molecular flexibility index (Phi) is 11.4. The number of methoxy groups -OCH3 is 2.